The summed E-state index contributed by atoms with van der Waals surface area (Å²) >= 11 is 0. The van der Waals surface area contributed by atoms with Crippen molar-refractivity contribution in [2.75, 3.05) is 19.8 Å². The Bertz CT molecular complexity index is 896. The molecule has 0 aromatic heterocycles. The van der Waals surface area contributed by atoms with Crippen LogP contribution < -0.4 is 0 Å². The molecule has 4 unspecified atom stereocenters. The number of piperidine rings is 1. The summed E-state index contributed by atoms with van der Waals surface area (Å²) in [6.07, 6.45) is 22.3. The van der Waals surface area contributed by atoms with Crippen LogP contribution in [0, 0.1) is 16.7 Å². The Labute approximate surface area is 296 Å². The molecule has 2 aliphatic heterocycles. The van der Waals surface area contributed by atoms with E-state index in [1.165, 1.54) is 83.5 Å². The second kappa shape index (κ2) is 20.3. The largest absolute Gasteiger partial charge is 0.465 e. The molecule has 4 atom stereocenters. The van der Waals surface area contributed by atoms with Crippen LogP contribution in [0.4, 0.5) is 0 Å². The van der Waals surface area contributed by atoms with Gasteiger partial charge in [0, 0.05) is 29.7 Å². The predicted molar refractivity (Wildman–Crippen MR) is 197 cm³/mol. The van der Waals surface area contributed by atoms with Crippen LogP contribution in [-0.4, -0.2) is 59.1 Å². The van der Waals surface area contributed by atoms with E-state index in [4.69, 9.17) is 19.0 Å². The van der Waals surface area contributed by atoms with Crippen molar-refractivity contribution in [1.82, 2.24) is 5.06 Å². The number of carbonyl (C=O) groups excluding carboxylic acids is 1. The number of esters is 1. The zero-order chi connectivity index (χ0) is 35.9. The van der Waals surface area contributed by atoms with Crippen molar-refractivity contribution in [3.63, 3.8) is 0 Å². The van der Waals surface area contributed by atoms with Gasteiger partial charge in [-0.05, 0) is 39.5 Å². The van der Waals surface area contributed by atoms with Gasteiger partial charge in [0.2, 0.25) is 0 Å². The molecule has 1 spiro atoms. The number of unbranched alkanes of at least 4 members (excludes halogenated alkanes) is 14. The zero-order valence-corrected chi connectivity index (χ0v) is 33.4. The number of hydroxylamine groups is 2. The quantitative estimate of drug-likeness (QED) is 0.0653. The summed E-state index contributed by atoms with van der Waals surface area (Å²) in [4.78, 5) is 19.1. The maximum atomic E-state index is 12.7. The smallest absolute Gasteiger partial charge is 0.305 e. The van der Waals surface area contributed by atoms with Crippen LogP contribution in [0.2, 0.25) is 0 Å². The average Bonchev–Trinajstić information content (AvgIpc) is 3.07. The van der Waals surface area contributed by atoms with Gasteiger partial charge in [-0.2, -0.15) is 5.06 Å². The lowest BCUT2D eigenvalue weighted by Gasteiger charge is -2.64. The SMILES string of the molecule is CCCCCCCCCCCCCCCCCC(=O)OCC1(CC)COC2(CC(C)(CC)N(OC(O)C(C)(C)C)C(C)(CC)C2C)OC1. The van der Waals surface area contributed by atoms with Crippen molar-refractivity contribution in [2.24, 2.45) is 16.7 Å². The van der Waals surface area contributed by atoms with Gasteiger partial charge in [-0.3, -0.25) is 9.63 Å². The molecule has 0 aromatic rings. The van der Waals surface area contributed by atoms with Gasteiger partial charge in [0.25, 0.3) is 0 Å². The van der Waals surface area contributed by atoms with Crippen molar-refractivity contribution >= 4 is 5.97 Å². The normalized spacial score (nSPS) is 30.5. The van der Waals surface area contributed by atoms with Gasteiger partial charge in [-0.15, -0.1) is 0 Å². The highest BCUT2D eigenvalue weighted by Gasteiger charge is 2.64. The fraction of sp³-hybridized carbons (Fsp3) is 0.976. The van der Waals surface area contributed by atoms with E-state index in [2.05, 4.69) is 53.5 Å². The Balaban J connectivity index is 1.77. The standard InChI is InChI=1S/C41H79NO6/c1-11-15-16-17-18-19-20-21-22-23-24-25-26-27-28-29-35(43)45-31-40(14-4)32-46-41(47-33-40)30-38(9,12-2)42(39(10,13-3)34(41)5)48-36(44)37(6,7)8/h34,36,44H,11-33H2,1-10H3. The number of nitrogens with zero attached hydrogens (tertiary/aromatic N) is 1. The van der Waals surface area contributed by atoms with E-state index >= 15 is 0 Å². The number of rotatable bonds is 23. The number of hydrogen-bond acceptors (Lipinski definition) is 7. The third-order valence-electron chi connectivity index (χ3n) is 12.1. The van der Waals surface area contributed by atoms with Crippen molar-refractivity contribution in [2.45, 2.75) is 221 Å². The van der Waals surface area contributed by atoms with Gasteiger partial charge in [-0.1, -0.05) is 145 Å². The maximum Gasteiger partial charge on any atom is 0.305 e. The van der Waals surface area contributed by atoms with Crippen molar-refractivity contribution < 1.29 is 28.9 Å². The molecule has 2 rings (SSSR count). The van der Waals surface area contributed by atoms with Crippen LogP contribution in [0.5, 0.6) is 0 Å². The minimum atomic E-state index is -0.930. The Morgan fingerprint density at radius 2 is 1.27 bits per heavy atom. The Morgan fingerprint density at radius 3 is 1.69 bits per heavy atom. The van der Waals surface area contributed by atoms with E-state index in [0.29, 0.717) is 32.7 Å². The monoisotopic (exact) mass is 682 g/mol. The second-order valence-electron chi connectivity index (χ2n) is 17.2. The van der Waals surface area contributed by atoms with Gasteiger partial charge < -0.3 is 19.3 Å². The first-order valence-electron chi connectivity index (χ1n) is 20.3. The topological polar surface area (TPSA) is 77.5 Å². The number of aliphatic hydroxyl groups excluding tert-OH is 1. The molecule has 2 saturated heterocycles. The van der Waals surface area contributed by atoms with E-state index in [1.807, 2.05) is 20.8 Å². The third-order valence-corrected chi connectivity index (χ3v) is 12.1. The molecular weight excluding hydrogens is 602 g/mol. The predicted octanol–water partition coefficient (Wildman–Crippen LogP) is 10.9. The average molecular weight is 682 g/mol. The molecule has 0 saturated carbocycles. The fourth-order valence-corrected chi connectivity index (χ4v) is 7.57. The lowest BCUT2D eigenvalue weighted by atomic mass is 9.66. The molecule has 0 radical (unpaired) electrons. The first kappa shape index (κ1) is 43.4. The maximum absolute atomic E-state index is 12.7. The minimum Gasteiger partial charge on any atom is -0.465 e. The highest BCUT2D eigenvalue weighted by atomic mass is 16.8. The highest BCUT2D eigenvalue weighted by Crippen LogP contribution is 2.55. The van der Waals surface area contributed by atoms with E-state index < -0.39 is 28.6 Å². The third kappa shape index (κ3) is 12.2. The molecule has 0 aliphatic carbocycles. The van der Waals surface area contributed by atoms with Crippen molar-refractivity contribution in [3.05, 3.63) is 0 Å². The van der Waals surface area contributed by atoms with Gasteiger partial charge in [0.15, 0.2) is 12.1 Å². The Hall–Kier alpha value is -0.730. The van der Waals surface area contributed by atoms with Gasteiger partial charge in [0.05, 0.1) is 24.2 Å². The van der Waals surface area contributed by atoms with Crippen LogP contribution in [0.15, 0.2) is 0 Å². The molecule has 284 valence electrons. The lowest BCUT2D eigenvalue weighted by molar-refractivity contribution is -0.436. The molecular formula is C41H79NO6. The molecule has 2 heterocycles. The van der Waals surface area contributed by atoms with E-state index in [-0.39, 0.29) is 17.3 Å². The van der Waals surface area contributed by atoms with Crippen LogP contribution in [0.1, 0.15) is 198 Å². The number of hydrogen-bond donors (Lipinski definition) is 1. The number of aliphatic hydroxyl groups is 1. The summed E-state index contributed by atoms with van der Waals surface area (Å²) in [6.45, 7) is 22.6. The van der Waals surface area contributed by atoms with E-state index in [1.54, 1.807) is 0 Å². The number of ether oxygens (including phenoxy) is 3. The molecule has 48 heavy (non-hydrogen) atoms. The zero-order valence-electron chi connectivity index (χ0n) is 33.4. The summed E-state index contributed by atoms with van der Waals surface area (Å²) in [5, 5.41) is 13.1. The summed E-state index contributed by atoms with van der Waals surface area (Å²) in [5.74, 6) is -0.908. The Morgan fingerprint density at radius 1 is 0.792 bits per heavy atom. The van der Waals surface area contributed by atoms with Crippen LogP contribution in [-0.2, 0) is 23.8 Å². The molecule has 0 aromatic carbocycles. The molecule has 2 fully saturated rings. The first-order chi connectivity index (χ1) is 22.7. The van der Waals surface area contributed by atoms with Gasteiger partial charge >= 0.3 is 5.97 Å². The van der Waals surface area contributed by atoms with Crippen LogP contribution >= 0.6 is 0 Å². The van der Waals surface area contributed by atoms with Crippen LogP contribution in [0.3, 0.4) is 0 Å². The molecule has 0 amide bonds. The molecule has 7 heteroatoms. The summed E-state index contributed by atoms with van der Waals surface area (Å²) < 4.78 is 19.5. The van der Waals surface area contributed by atoms with Crippen molar-refractivity contribution in [3.8, 4) is 0 Å². The molecule has 0 bridgehead atoms. The van der Waals surface area contributed by atoms with Gasteiger partial charge in [-0.25, -0.2) is 0 Å². The molecule has 1 N–H and O–H groups in total. The first-order valence-corrected chi connectivity index (χ1v) is 20.3. The summed E-state index contributed by atoms with van der Waals surface area (Å²) in [6, 6.07) is 0. The van der Waals surface area contributed by atoms with Crippen molar-refractivity contribution in [1.29, 1.82) is 0 Å². The molecule has 2 aliphatic rings. The lowest BCUT2D eigenvalue weighted by Crippen LogP contribution is -2.74. The second-order valence-corrected chi connectivity index (χ2v) is 17.2. The minimum absolute atomic E-state index is 0.0238. The Kier molecular flexibility index (Phi) is 18.4. The number of carbonyl (C=O) groups is 1. The highest BCUT2D eigenvalue weighted by molar-refractivity contribution is 5.69. The van der Waals surface area contributed by atoms with E-state index in [9.17, 15) is 9.90 Å². The van der Waals surface area contributed by atoms with E-state index in [0.717, 1.165) is 32.1 Å². The fourth-order valence-electron chi connectivity index (χ4n) is 7.57. The molecule has 7 nitrogen and oxygen atoms in total. The summed E-state index contributed by atoms with van der Waals surface area (Å²) in [5.41, 5.74) is -1.60. The summed E-state index contributed by atoms with van der Waals surface area (Å²) in [7, 11) is 0. The van der Waals surface area contributed by atoms with Crippen LogP contribution in [0.25, 0.3) is 0 Å². The van der Waals surface area contributed by atoms with Gasteiger partial charge in [0.1, 0.15) is 6.61 Å².